The number of rotatable bonds is 3. The molecule has 0 aromatic heterocycles. The monoisotopic (exact) mass is 286 g/mol. The molecule has 1 saturated heterocycles. The second kappa shape index (κ2) is 5.61. The molecule has 1 heterocycles. The van der Waals surface area contributed by atoms with Crippen LogP contribution in [0.4, 0.5) is 0 Å². The van der Waals surface area contributed by atoms with Gasteiger partial charge in [0.1, 0.15) is 0 Å². The highest BCUT2D eigenvalue weighted by Crippen LogP contribution is 2.24. The SMILES string of the molecule is CC1CN(S(=O)(=O)c2ccc(CN)cc2)CCS1. The standard InChI is InChI=1S/C12H18N2O2S2/c1-10-9-14(6-7-17-10)18(15,16)12-4-2-11(8-13)3-5-12/h2-5,10H,6-9,13H2,1H3. The molecule has 1 aromatic rings. The van der Waals surface area contributed by atoms with E-state index in [-0.39, 0.29) is 0 Å². The first-order valence-electron chi connectivity index (χ1n) is 5.95. The fourth-order valence-corrected chi connectivity index (χ4v) is 4.70. The van der Waals surface area contributed by atoms with Gasteiger partial charge in [-0.25, -0.2) is 8.42 Å². The van der Waals surface area contributed by atoms with E-state index in [1.54, 1.807) is 28.6 Å². The van der Waals surface area contributed by atoms with Crippen LogP contribution in [0.25, 0.3) is 0 Å². The van der Waals surface area contributed by atoms with Crippen molar-refractivity contribution in [2.45, 2.75) is 23.6 Å². The molecule has 100 valence electrons. The van der Waals surface area contributed by atoms with Gasteiger partial charge in [0.15, 0.2) is 0 Å². The minimum absolute atomic E-state index is 0.358. The maximum Gasteiger partial charge on any atom is 0.243 e. The molecule has 1 fully saturated rings. The fraction of sp³-hybridized carbons (Fsp3) is 0.500. The first kappa shape index (κ1) is 13.9. The van der Waals surface area contributed by atoms with Crippen molar-refractivity contribution < 1.29 is 8.42 Å². The molecule has 0 saturated carbocycles. The number of benzene rings is 1. The van der Waals surface area contributed by atoms with Gasteiger partial charge < -0.3 is 5.73 Å². The van der Waals surface area contributed by atoms with Crippen LogP contribution in [0.1, 0.15) is 12.5 Å². The van der Waals surface area contributed by atoms with Crippen molar-refractivity contribution in [3.05, 3.63) is 29.8 Å². The average Bonchev–Trinajstić information content (AvgIpc) is 2.39. The van der Waals surface area contributed by atoms with Crippen molar-refractivity contribution in [1.29, 1.82) is 0 Å². The van der Waals surface area contributed by atoms with Crippen molar-refractivity contribution in [3.63, 3.8) is 0 Å². The Morgan fingerprint density at radius 2 is 2.06 bits per heavy atom. The molecule has 18 heavy (non-hydrogen) atoms. The molecule has 1 aliphatic rings. The van der Waals surface area contributed by atoms with Gasteiger partial charge in [0, 0.05) is 30.6 Å². The van der Waals surface area contributed by atoms with E-state index in [1.807, 2.05) is 11.8 Å². The summed E-state index contributed by atoms with van der Waals surface area (Å²) in [5.74, 6) is 0.862. The van der Waals surface area contributed by atoms with Crippen LogP contribution in [0, 0.1) is 0 Å². The van der Waals surface area contributed by atoms with E-state index in [0.717, 1.165) is 11.3 Å². The average molecular weight is 286 g/mol. The number of thioether (sulfide) groups is 1. The number of sulfonamides is 1. The summed E-state index contributed by atoms with van der Waals surface area (Å²) in [6.07, 6.45) is 0. The van der Waals surface area contributed by atoms with Gasteiger partial charge >= 0.3 is 0 Å². The minimum Gasteiger partial charge on any atom is -0.326 e. The third-order valence-corrected chi connectivity index (χ3v) is 6.02. The molecule has 1 aliphatic heterocycles. The molecule has 2 N–H and O–H groups in total. The van der Waals surface area contributed by atoms with Crippen molar-refractivity contribution in [1.82, 2.24) is 4.31 Å². The van der Waals surface area contributed by atoms with Crippen LogP contribution >= 0.6 is 11.8 Å². The molecule has 0 radical (unpaired) electrons. The molecular formula is C12H18N2O2S2. The lowest BCUT2D eigenvalue weighted by atomic mass is 10.2. The molecule has 2 rings (SSSR count). The second-order valence-electron chi connectivity index (χ2n) is 4.39. The first-order valence-corrected chi connectivity index (χ1v) is 8.43. The molecule has 4 nitrogen and oxygen atoms in total. The summed E-state index contributed by atoms with van der Waals surface area (Å²) in [5, 5.41) is 0.358. The topological polar surface area (TPSA) is 63.4 Å². The maximum absolute atomic E-state index is 12.4. The van der Waals surface area contributed by atoms with E-state index in [2.05, 4.69) is 6.92 Å². The normalized spacial score (nSPS) is 22.0. The molecule has 0 spiro atoms. The maximum atomic E-state index is 12.4. The molecule has 0 bridgehead atoms. The van der Waals surface area contributed by atoms with Crippen molar-refractivity contribution in [2.24, 2.45) is 5.73 Å². The van der Waals surface area contributed by atoms with Crippen LogP contribution < -0.4 is 5.73 Å². The summed E-state index contributed by atoms with van der Waals surface area (Å²) in [6.45, 7) is 3.67. The zero-order valence-corrected chi connectivity index (χ0v) is 12.0. The van der Waals surface area contributed by atoms with E-state index in [0.29, 0.717) is 29.8 Å². The van der Waals surface area contributed by atoms with Crippen LogP contribution in [-0.4, -0.2) is 36.8 Å². The van der Waals surface area contributed by atoms with Gasteiger partial charge in [-0.2, -0.15) is 16.1 Å². The van der Waals surface area contributed by atoms with Crippen molar-refractivity contribution >= 4 is 21.8 Å². The van der Waals surface area contributed by atoms with Crippen LogP contribution in [0.5, 0.6) is 0 Å². The van der Waals surface area contributed by atoms with Crippen LogP contribution in [0.2, 0.25) is 0 Å². The molecule has 6 heteroatoms. The Hall–Kier alpha value is -0.560. The minimum atomic E-state index is -3.34. The third-order valence-electron chi connectivity index (χ3n) is 3.00. The van der Waals surface area contributed by atoms with Crippen molar-refractivity contribution in [2.75, 3.05) is 18.8 Å². The molecule has 0 aliphatic carbocycles. The van der Waals surface area contributed by atoms with E-state index in [4.69, 9.17) is 5.73 Å². The Kier molecular flexibility index (Phi) is 4.32. The number of hydrogen-bond acceptors (Lipinski definition) is 4. The van der Waals surface area contributed by atoms with Crippen LogP contribution in [0.3, 0.4) is 0 Å². The lowest BCUT2D eigenvalue weighted by molar-refractivity contribution is 0.424. The Balaban J connectivity index is 2.23. The Bertz CT molecular complexity index is 499. The quantitative estimate of drug-likeness (QED) is 0.909. The zero-order chi connectivity index (χ0) is 13.2. The predicted molar refractivity (Wildman–Crippen MR) is 75.0 cm³/mol. The van der Waals surface area contributed by atoms with E-state index < -0.39 is 10.0 Å². The van der Waals surface area contributed by atoms with Gasteiger partial charge in [0.25, 0.3) is 0 Å². The predicted octanol–water partition coefficient (Wildman–Crippen LogP) is 1.27. The number of hydrogen-bond donors (Lipinski definition) is 1. The van der Waals surface area contributed by atoms with Gasteiger partial charge in [-0.3, -0.25) is 0 Å². The largest absolute Gasteiger partial charge is 0.326 e. The fourth-order valence-electron chi connectivity index (χ4n) is 1.95. The summed E-state index contributed by atoms with van der Waals surface area (Å²) in [5.41, 5.74) is 6.45. The van der Waals surface area contributed by atoms with Crippen LogP contribution in [0.15, 0.2) is 29.2 Å². The van der Waals surface area contributed by atoms with Gasteiger partial charge in [0.2, 0.25) is 10.0 Å². The van der Waals surface area contributed by atoms with E-state index >= 15 is 0 Å². The highest BCUT2D eigenvalue weighted by Gasteiger charge is 2.28. The van der Waals surface area contributed by atoms with Gasteiger partial charge in [-0.05, 0) is 17.7 Å². The lowest BCUT2D eigenvalue weighted by Gasteiger charge is -2.29. The van der Waals surface area contributed by atoms with Crippen LogP contribution in [-0.2, 0) is 16.6 Å². The molecule has 0 amide bonds. The summed E-state index contributed by atoms with van der Waals surface area (Å²) >= 11 is 1.82. The van der Waals surface area contributed by atoms with Gasteiger partial charge in [-0.15, -0.1) is 0 Å². The smallest absolute Gasteiger partial charge is 0.243 e. The van der Waals surface area contributed by atoms with E-state index in [9.17, 15) is 8.42 Å². The summed E-state index contributed by atoms with van der Waals surface area (Å²) in [6, 6.07) is 6.83. The zero-order valence-electron chi connectivity index (χ0n) is 10.4. The summed E-state index contributed by atoms with van der Waals surface area (Å²) in [4.78, 5) is 0.360. The Morgan fingerprint density at radius 1 is 1.39 bits per heavy atom. The second-order valence-corrected chi connectivity index (χ2v) is 7.88. The molecule has 1 atom stereocenters. The lowest BCUT2D eigenvalue weighted by Crippen LogP contribution is -2.40. The van der Waals surface area contributed by atoms with Crippen molar-refractivity contribution in [3.8, 4) is 0 Å². The Labute approximate surface area is 113 Å². The van der Waals surface area contributed by atoms with Gasteiger partial charge in [-0.1, -0.05) is 19.1 Å². The van der Waals surface area contributed by atoms with E-state index in [1.165, 1.54) is 0 Å². The Morgan fingerprint density at radius 3 is 2.61 bits per heavy atom. The highest BCUT2D eigenvalue weighted by atomic mass is 32.2. The molecular weight excluding hydrogens is 268 g/mol. The highest BCUT2D eigenvalue weighted by molar-refractivity contribution is 8.00. The first-order chi connectivity index (χ1) is 8.54. The summed E-state index contributed by atoms with van der Waals surface area (Å²) < 4.78 is 26.4. The van der Waals surface area contributed by atoms with Gasteiger partial charge in [0.05, 0.1) is 4.90 Å². The molecule has 1 unspecified atom stereocenters. The molecule has 1 aromatic carbocycles. The number of nitrogens with two attached hydrogens (primary N) is 1. The third kappa shape index (κ3) is 2.88. The number of nitrogens with zero attached hydrogens (tertiary/aromatic N) is 1. The summed E-state index contributed by atoms with van der Waals surface area (Å²) in [7, 11) is -3.34.